The van der Waals surface area contributed by atoms with Crippen LogP contribution in [0.15, 0.2) is 12.1 Å². The lowest BCUT2D eigenvalue weighted by Gasteiger charge is -2.12. The highest BCUT2D eigenvalue weighted by molar-refractivity contribution is 5.80. The quantitative estimate of drug-likeness (QED) is 0.713. The van der Waals surface area contributed by atoms with E-state index in [2.05, 4.69) is 0 Å². The molecule has 0 aromatic heterocycles. The number of halogens is 3. The number of carbonyl (C=O) groups is 1. The molecule has 0 saturated carbocycles. The van der Waals surface area contributed by atoms with Crippen LogP contribution in [0.3, 0.4) is 0 Å². The highest BCUT2D eigenvalue weighted by atomic mass is 19.4. The van der Waals surface area contributed by atoms with E-state index in [-0.39, 0.29) is 16.9 Å². The summed E-state index contributed by atoms with van der Waals surface area (Å²) < 4.78 is 41.9. The van der Waals surface area contributed by atoms with E-state index < -0.39 is 11.7 Å². The second-order valence-corrected chi connectivity index (χ2v) is 3.03. The van der Waals surface area contributed by atoms with Gasteiger partial charge in [0.05, 0.1) is 18.2 Å². The van der Waals surface area contributed by atoms with Gasteiger partial charge in [-0.05, 0) is 24.6 Å². The summed E-state index contributed by atoms with van der Waals surface area (Å²) in [6, 6.07) is 1.73. The molecule has 0 unspecified atom stereocenters. The van der Waals surface area contributed by atoms with E-state index in [9.17, 15) is 18.0 Å². The third-order valence-electron chi connectivity index (χ3n) is 1.96. The Labute approximate surface area is 84.7 Å². The molecule has 0 heterocycles. The molecule has 0 spiro atoms. The molecule has 0 amide bonds. The van der Waals surface area contributed by atoms with Crippen molar-refractivity contribution in [1.29, 1.82) is 0 Å². The minimum atomic E-state index is -4.45. The fourth-order valence-electron chi connectivity index (χ4n) is 1.33. The first-order valence-electron chi connectivity index (χ1n) is 4.11. The van der Waals surface area contributed by atoms with Crippen LogP contribution in [0.1, 0.15) is 21.5 Å². The van der Waals surface area contributed by atoms with Crippen molar-refractivity contribution < 1.29 is 22.7 Å². The summed E-state index contributed by atoms with van der Waals surface area (Å²) >= 11 is 0. The van der Waals surface area contributed by atoms with Crippen molar-refractivity contribution in [3.63, 3.8) is 0 Å². The lowest BCUT2D eigenvalue weighted by Crippen LogP contribution is -2.07. The number of aryl methyl sites for hydroxylation is 1. The van der Waals surface area contributed by atoms with E-state index in [1.165, 1.54) is 14.0 Å². The van der Waals surface area contributed by atoms with Gasteiger partial charge in [0.25, 0.3) is 0 Å². The lowest BCUT2D eigenvalue weighted by atomic mass is 10.1. The molecule has 0 aliphatic rings. The van der Waals surface area contributed by atoms with Crippen LogP contribution in [-0.4, -0.2) is 13.4 Å². The molecule has 0 aliphatic carbocycles. The average Bonchev–Trinajstić information content (AvgIpc) is 2.15. The predicted octanol–water partition coefficient (Wildman–Crippen LogP) is 2.83. The van der Waals surface area contributed by atoms with E-state index in [1.807, 2.05) is 0 Å². The van der Waals surface area contributed by atoms with Crippen LogP contribution in [0, 0.1) is 6.92 Å². The molecule has 1 rings (SSSR count). The van der Waals surface area contributed by atoms with Crippen LogP contribution in [0.5, 0.6) is 5.75 Å². The summed E-state index contributed by atoms with van der Waals surface area (Å²) in [5.74, 6) is 0.179. The molecule has 0 fully saturated rings. The van der Waals surface area contributed by atoms with Crippen molar-refractivity contribution in [2.24, 2.45) is 0 Å². The van der Waals surface area contributed by atoms with Gasteiger partial charge in [0.1, 0.15) is 5.75 Å². The van der Waals surface area contributed by atoms with E-state index in [4.69, 9.17) is 4.74 Å². The van der Waals surface area contributed by atoms with Gasteiger partial charge in [-0.1, -0.05) is 0 Å². The number of alkyl halides is 3. The Morgan fingerprint density at radius 1 is 1.33 bits per heavy atom. The summed E-state index contributed by atoms with van der Waals surface area (Å²) in [7, 11) is 1.31. The minimum Gasteiger partial charge on any atom is -0.496 e. The van der Waals surface area contributed by atoms with Gasteiger partial charge in [0, 0.05) is 0 Å². The molecule has 5 heteroatoms. The maximum absolute atomic E-state index is 12.4. The zero-order chi connectivity index (χ0) is 11.6. The van der Waals surface area contributed by atoms with Gasteiger partial charge < -0.3 is 4.74 Å². The summed E-state index contributed by atoms with van der Waals surface area (Å²) in [6.45, 7) is 1.46. The lowest BCUT2D eigenvalue weighted by molar-refractivity contribution is -0.137. The van der Waals surface area contributed by atoms with Crippen molar-refractivity contribution in [3.8, 4) is 5.75 Å². The molecule has 1 aromatic carbocycles. The van der Waals surface area contributed by atoms with Gasteiger partial charge in [-0.2, -0.15) is 13.2 Å². The van der Waals surface area contributed by atoms with E-state index >= 15 is 0 Å². The Bertz CT molecular complexity index is 383. The fraction of sp³-hybridized carbons (Fsp3) is 0.300. The average molecular weight is 218 g/mol. The second kappa shape index (κ2) is 3.92. The van der Waals surface area contributed by atoms with Gasteiger partial charge in [-0.25, -0.2) is 0 Å². The number of hydrogen-bond donors (Lipinski definition) is 0. The number of ether oxygens (including phenoxy) is 1. The number of carbonyl (C=O) groups excluding carboxylic acids is 1. The van der Waals surface area contributed by atoms with Gasteiger partial charge in [0.2, 0.25) is 0 Å². The molecule has 2 nitrogen and oxygen atoms in total. The molecule has 0 atom stereocenters. The van der Waals surface area contributed by atoms with Gasteiger partial charge in [0.15, 0.2) is 6.29 Å². The second-order valence-electron chi connectivity index (χ2n) is 3.03. The molecule has 0 saturated heterocycles. The molecular formula is C10H9F3O2. The molecule has 0 N–H and O–H groups in total. The number of hydrogen-bond acceptors (Lipinski definition) is 2. The zero-order valence-corrected chi connectivity index (χ0v) is 8.18. The predicted molar refractivity (Wildman–Crippen MR) is 48.1 cm³/mol. The maximum Gasteiger partial charge on any atom is 0.416 e. The van der Waals surface area contributed by atoms with Crippen LogP contribution >= 0.6 is 0 Å². The SMILES string of the molecule is COc1c(C)cc(C(F)(F)F)cc1C=O. The summed E-state index contributed by atoms with van der Waals surface area (Å²) in [5.41, 5.74) is -0.651. The maximum atomic E-state index is 12.4. The largest absolute Gasteiger partial charge is 0.496 e. The van der Waals surface area contributed by atoms with Crippen LogP contribution in [0.4, 0.5) is 13.2 Å². The summed E-state index contributed by atoms with van der Waals surface area (Å²) in [5, 5.41) is 0. The van der Waals surface area contributed by atoms with Crippen molar-refractivity contribution >= 4 is 6.29 Å². The molecule has 1 aromatic rings. The van der Waals surface area contributed by atoms with Gasteiger partial charge in [-0.3, -0.25) is 4.79 Å². The third-order valence-corrected chi connectivity index (χ3v) is 1.96. The first kappa shape index (κ1) is 11.6. The standard InChI is InChI=1S/C10H9F3O2/c1-6-3-8(10(11,12)13)4-7(5-14)9(6)15-2/h3-5H,1-2H3. The van der Waals surface area contributed by atoms with Crippen LogP contribution in [0.2, 0.25) is 0 Å². The number of aldehydes is 1. The van der Waals surface area contributed by atoms with Crippen LogP contribution in [0.25, 0.3) is 0 Å². The molecule has 0 aliphatic heterocycles. The van der Waals surface area contributed by atoms with Crippen molar-refractivity contribution in [3.05, 3.63) is 28.8 Å². The highest BCUT2D eigenvalue weighted by Crippen LogP contribution is 2.34. The van der Waals surface area contributed by atoms with Gasteiger partial charge >= 0.3 is 6.18 Å². The first-order chi connectivity index (χ1) is 6.90. The highest BCUT2D eigenvalue weighted by Gasteiger charge is 2.31. The minimum absolute atomic E-state index is 0.0928. The van der Waals surface area contributed by atoms with E-state index in [0.717, 1.165) is 12.1 Å². The Morgan fingerprint density at radius 3 is 2.33 bits per heavy atom. The zero-order valence-electron chi connectivity index (χ0n) is 8.18. The fourth-order valence-corrected chi connectivity index (χ4v) is 1.33. The number of methoxy groups -OCH3 is 1. The van der Waals surface area contributed by atoms with Crippen molar-refractivity contribution in [1.82, 2.24) is 0 Å². The number of rotatable bonds is 2. The van der Waals surface area contributed by atoms with E-state index in [0.29, 0.717) is 6.29 Å². The van der Waals surface area contributed by atoms with Crippen molar-refractivity contribution in [2.75, 3.05) is 7.11 Å². The number of benzene rings is 1. The molecular weight excluding hydrogens is 209 g/mol. The molecule has 0 bridgehead atoms. The monoisotopic (exact) mass is 218 g/mol. The summed E-state index contributed by atoms with van der Waals surface area (Å²) in [6.07, 6.45) is -4.10. The first-order valence-corrected chi connectivity index (χ1v) is 4.11. The molecule has 0 radical (unpaired) electrons. The topological polar surface area (TPSA) is 26.3 Å². The Hall–Kier alpha value is -1.52. The van der Waals surface area contributed by atoms with Crippen LogP contribution in [-0.2, 0) is 6.18 Å². The third kappa shape index (κ3) is 2.29. The normalized spacial score (nSPS) is 11.3. The van der Waals surface area contributed by atoms with Crippen LogP contribution < -0.4 is 4.74 Å². The Morgan fingerprint density at radius 2 is 1.93 bits per heavy atom. The van der Waals surface area contributed by atoms with Crippen molar-refractivity contribution in [2.45, 2.75) is 13.1 Å². The van der Waals surface area contributed by atoms with Gasteiger partial charge in [-0.15, -0.1) is 0 Å². The Balaban J connectivity index is 3.38. The van der Waals surface area contributed by atoms with E-state index in [1.54, 1.807) is 0 Å². The Kier molecular flexibility index (Phi) is 3.02. The smallest absolute Gasteiger partial charge is 0.416 e. The molecule has 15 heavy (non-hydrogen) atoms. The molecule has 82 valence electrons. The summed E-state index contributed by atoms with van der Waals surface area (Å²) in [4.78, 5) is 10.6.